The molecule has 4 heteroatoms. The van der Waals surface area contributed by atoms with Crippen molar-refractivity contribution in [3.05, 3.63) is 28.0 Å². The van der Waals surface area contributed by atoms with Crippen molar-refractivity contribution in [3.63, 3.8) is 0 Å². The smallest absolute Gasteiger partial charge is 0.110 e. The van der Waals surface area contributed by atoms with Gasteiger partial charge in [-0.05, 0) is 32.9 Å². The van der Waals surface area contributed by atoms with E-state index in [4.69, 9.17) is 10.2 Å². The number of rotatable bonds is 4. The highest BCUT2D eigenvalue weighted by molar-refractivity contribution is 7.09. The molecule has 2 aromatic rings. The predicted octanol–water partition coefficient (Wildman–Crippen LogP) is 2.91. The molecule has 2 aromatic heterocycles. The van der Waals surface area contributed by atoms with Crippen LogP contribution in [0.15, 0.2) is 15.9 Å². The molecular weight excluding hydrogens is 220 g/mol. The summed E-state index contributed by atoms with van der Waals surface area (Å²) in [5.74, 6) is 1.87. The zero-order valence-corrected chi connectivity index (χ0v) is 10.4. The number of aromatic nitrogens is 1. The lowest BCUT2D eigenvalue weighted by molar-refractivity contribution is 0.505. The molecule has 3 nitrogen and oxygen atoms in total. The van der Waals surface area contributed by atoms with Gasteiger partial charge in [-0.25, -0.2) is 4.98 Å². The summed E-state index contributed by atoms with van der Waals surface area (Å²) < 4.78 is 5.50. The van der Waals surface area contributed by atoms with Gasteiger partial charge in [0.1, 0.15) is 11.5 Å². The van der Waals surface area contributed by atoms with Gasteiger partial charge < -0.3 is 10.2 Å². The lowest BCUT2D eigenvalue weighted by Crippen LogP contribution is -1.99. The maximum atomic E-state index is 5.50. The first-order valence-electron chi connectivity index (χ1n) is 5.42. The van der Waals surface area contributed by atoms with Gasteiger partial charge in [-0.3, -0.25) is 0 Å². The fraction of sp³-hybridized carbons (Fsp3) is 0.417. The van der Waals surface area contributed by atoms with Gasteiger partial charge in [0.25, 0.3) is 0 Å². The van der Waals surface area contributed by atoms with Crippen LogP contribution in [0.5, 0.6) is 0 Å². The topological polar surface area (TPSA) is 52.0 Å². The molecule has 0 radical (unpaired) electrons. The lowest BCUT2D eigenvalue weighted by atomic mass is 10.2. The number of hydrogen-bond donors (Lipinski definition) is 1. The van der Waals surface area contributed by atoms with Gasteiger partial charge in [-0.2, -0.15) is 0 Å². The van der Waals surface area contributed by atoms with E-state index >= 15 is 0 Å². The molecule has 0 fully saturated rings. The molecule has 2 heterocycles. The second-order valence-corrected chi connectivity index (χ2v) is 4.79. The van der Waals surface area contributed by atoms with Gasteiger partial charge in [0.15, 0.2) is 0 Å². The number of aryl methyl sites for hydroxylation is 3. The minimum Gasteiger partial charge on any atom is -0.466 e. The molecule has 0 bridgehead atoms. The van der Waals surface area contributed by atoms with Crippen LogP contribution in [0.25, 0.3) is 11.3 Å². The van der Waals surface area contributed by atoms with E-state index in [2.05, 4.69) is 10.4 Å². The largest absolute Gasteiger partial charge is 0.466 e. The van der Waals surface area contributed by atoms with Crippen LogP contribution in [-0.2, 0) is 6.42 Å². The van der Waals surface area contributed by atoms with Crippen molar-refractivity contribution in [2.24, 2.45) is 5.73 Å². The van der Waals surface area contributed by atoms with E-state index in [1.807, 2.05) is 19.9 Å². The summed E-state index contributed by atoms with van der Waals surface area (Å²) in [4.78, 5) is 4.60. The zero-order chi connectivity index (χ0) is 11.5. The molecule has 0 spiro atoms. The third kappa shape index (κ3) is 2.33. The van der Waals surface area contributed by atoms with E-state index in [-0.39, 0.29) is 0 Å². The van der Waals surface area contributed by atoms with Crippen LogP contribution in [0.1, 0.15) is 22.9 Å². The SMILES string of the molecule is Cc1cc(-c2csc(CCCN)n2)c(C)o1. The molecule has 0 aliphatic carbocycles. The normalized spacial score (nSPS) is 10.9. The Kier molecular flexibility index (Phi) is 3.41. The standard InChI is InChI=1S/C12H16N2OS/c1-8-6-10(9(2)15-8)11-7-16-12(14-11)4-3-5-13/h6-7H,3-5,13H2,1-2H3. The Morgan fingerprint density at radius 2 is 2.25 bits per heavy atom. The molecule has 0 aromatic carbocycles. The molecule has 2 rings (SSSR count). The summed E-state index contributed by atoms with van der Waals surface area (Å²) >= 11 is 1.69. The minimum atomic E-state index is 0.721. The quantitative estimate of drug-likeness (QED) is 0.888. The third-order valence-electron chi connectivity index (χ3n) is 2.46. The van der Waals surface area contributed by atoms with Crippen molar-refractivity contribution < 1.29 is 4.42 Å². The zero-order valence-electron chi connectivity index (χ0n) is 9.62. The van der Waals surface area contributed by atoms with Gasteiger partial charge >= 0.3 is 0 Å². The summed E-state index contributed by atoms with van der Waals surface area (Å²) in [7, 11) is 0. The number of nitrogens with zero attached hydrogens (tertiary/aromatic N) is 1. The van der Waals surface area contributed by atoms with Crippen molar-refractivity contribution in [1.29, 1.82) is 0 Å². The van der Waals surface area contributed by atoms with Crippen LogP contribution in [-0.4, -0.2) is 11.5 Å². The van der Waals surface area contributed by atoms with Gasteiger partial charge in [0.05, 0.1) is 10.7 Å². The van der Waals surface area contributed by atoms with Crippen LogP contribution in [0.2, 0.25) is 0 Å². The molecule has 0 saturated carbocycles. The molecule has 16 heavy (non-hydrogen) atoms. The maximum Gasteiger partial charge on any atom is 0.110 e. The van der Waals surface area contributed by atoms with E-state index < -0.39 is 0 Å². The summed E-state index contributed by atoms with van der Waals surface area (Å²) in [5, 5.41) is 3.24. The van der Waals surface area contributed by atoms with Crippen LogP contribution < -0.4 is 5.73 Å². The Morgan fingerprint density at radius 3 is 2.88 bits per heavy atom. The molecule has 2 N–H and O–H groups in total. The van der Waals surface area contributed by atoms with Crippen molar-refractivity contribution in [2.45, 2.75) is 26.7 Å². The molecule has 0 saturated heterocycles. The molecule has 86 valence electrons. The van der Waals surface area contributed by atoms with E-state index in [1.165, 1.54) is 0 Å². The van der Waals surface area contributed by atoms with Gasteiger partial charge in [0, 0.05) is 17.4 Å². The monoisotopic (exact) mass is 236 g/mol. The molecule has 0 aliphatic heterocycles. The fourth-order valence-electron chi connectivity index (χ4n) is 1.69. The van der Waals surface area contributed by atoms with Crippen molar-refractivity contribution in [2.75, 3.05) is 6.54 Å². The van der Waals surface area contributed by atoms with Gasteiger partial charge in [-0.15, -0.1) is 11.3 Å². The van der Waals surface area contributed by atoms with Crippen LogP contribution in [0.3, 0.4) is 0 Å². The Bertz CT molecular complexity index is 473. The first kappa shape index (κ1) is 11.4. The molecule has 0 aliphatic rings. The predicted molar refractivity (Wildman–Crippen MR) is 66.7 cm³/mol. The summed E-state index contributed by atoms with van der Waals surface area (Å²) in [6.07, 6.45) is 1.97. The summed E-state index contributed by atoms with van der Waals surface area (Å²) in [6, 6.07) is 2.04. The third-order valence-corrected chi connectivity index (χ3v) is 3.37. The van der Waals surface area contributed by atoms with Gasteiger partial charge in [-0.1, -0.05) is 0 Å². The number of furan rings is 1. The minimum absolute atomic E-state index is 0.721. The maximum absolute atomic E-state index is 5.50. The summed E-state index contributed by atoms with van der Waals surface area (Å²) in [6.45, 7) is 4.65. The number of hydrogen-bond acceptors (Lipinski definition) is 4. The lowest BCUT2D eigenvalue weighted by Gasteiger charge is -1.93. The Hall–Kier alpha value is -1.13. The first-order valence-corrected chi connectivity index (χ1v) is 6.30. The highest BCUT2D eigenvalue weighted by Crippen LogP contribution is 2.27. The van der Waals surface area contributed by atoms with Crippen molar-refractivity contribution in [3.8, 4) is 11.3 Å². The van der Waals surface area contributed by atoms with Crippen molar-refractivity contribution >= 4 is 11.3 Å². The average Bonchev–Trinajstić information content (AvgIpc) is 2.82. The van der Waals surface area contributed by atoms with E-state index in [9.17, 15) is 0 Å². The highest BCUT2D eigenvalue weighted by atomic mass is 32.1. The van der Waals surface area contributed by atoms with E-state index in [1.54, 1.807) is 11.3 Å². The molecule has 0 atom stereocenters. The van der Waals surface area contributed by atoms with Crippen LogP contribution in [0.4, 0.5) is 0 Å². The van der Waals surface area contributed by atoms with Crippen LogP contribution in [0, 0.1) is 13.8 Å². The Morgan fingerprint density at radius 1 is 1.44 bits per heavy atom. The number of thiazole rings is 1. The van der Waals surface area contributed by atoms with E-state index in [0.717, 1.165) is 47.2 Å². The molecular formula is C12H16N2OS. The second kappa shape index (κ2) is 4.80. The summed E-state index contributed by atoms with van der Waals surface area (Å²) in [5.41, 5.74) is 7.61. The van der Waals surface area contributed by atoms with E-state index in [0.29, 0.717) is 0 Å². The Balaban J connectivity index is 2.21. The first-order chi connectivity index (χ1) is 7.70. The second-order valence-electron chi connectivity index (χ2n) is 3.85. The van der Waals surface area contributed by atoms with Crippen LogP contribution >= 0.6 is 11.3 Å². The average molecular weight is 236 g/mol. The highest BCUT2D eigenvalue weighted by Gasteiger charge is 2.10. The van der Waals surface area contributed by atoms with Gasteiger partial charge in [0.2, 0.25) is 0 Å². The fourth-order valence-corrected chi connectivity index (χ4v) is 2.53. The Labute approximate surface area is 99.3 Å². The molecule has 0 amide bonds. The number of nitrogens with two attached hydrogens (primary N) is 1. The molecule has 0 unspecified atom stereocenters. The van der Waals surface area contributed by atoms with Crippen molar-refractivity contribution in [1.82, 2.24) is 4.98 Å².